The van der Waals surface area contributed by atoms with Gasteiger partial charge >= 0.3 is 0 Å². The minimum Gasteiger partial charge on any atom is -0.117 e. The highest BCUT2D eigenvalue weighted by atomic mass is 31.1. The summed E-state index contributed by atoms with van der Waals surface area (Å²) in [7, 11) is -1.85. The molecule has 0 radical (unpaired) electrons. The zero-order chi connectivity index (χ0) is 29.6. The highest BCUT2D eigenvalue weighted by Gasteiger charge is 2.34. The minimum absolute atomic E-state index is 0.0609. The Morgan fingerprint density at radius 2 is 1.05 bits per heavy atom. The van der Waals surface area contributed by atoms with Crippen molar-refractivity contribution in [3.8, 4) is 23.3 Å². The zero-order valence-corrected chi connectivity index (χ0v) is 30.7. The van der Waals surface area contributed by atoms with Crippen molar-refractivity contribution in [3.63, 3.8) is 0 Å². The second kappa shape index (κ2) is 13.5. The standard InChI is InChI=1S/C35H59PSi2/c1-16-37(17-2,18-3)25-23-22-24-31(38(19-4,20-5)21-6)36-32-29(34(10,11)12)26-28(33(7,8)9)27-30(32)35(13,14)15/h26-27H,16-21H2,1-15H3. The molecule has 3 heteroatoms. The first kappa shape index (κ1) is 35.0. The fourth-order valence-electron chi connectivity index (χ4n) is 5.24. The number of hydrogen-bond donors (Lipinski definition) is 0. The van der Waals surface area contributed by atoms with Gasteiger partial charge < -0.3 is 0 Å². The van der Waals surface area contributed by atoms with Gasteiger partial charge in [-0.2, -0.15) is 0 Å². The lowest BCUT2D eigenvalue weighted by atomic mass is 9.75. The second-order valence-corrected chi connectivity index (χ2v) is 26.0. The molecule has 0 saturated carbocycles. The Morgan fingerprint density at radius 1 is 0.632 bits per heavy atom. The summed E-state index contributed by atoms with van der Waals surface area (Å²) in [5.41, 5.74) is 8.37. The first-order valence-corrected chi connectivity index (χ1v) is 21.4. The highest BCUT2D eigenvalue weighted by molar-refractivity contribution is 7.58. The molecule has 0 aromatic heterocycles. The molecule has 0 aliphatic rings. The van der Waals surface area contributed by atoms with Gasteiger partial charge in [0.05, 0.1) is 0 Å². The molecule has 0 atom stereocenters. The van der Waals surface area contributed by atoms with Gasteiger partial charge in [-0.1, -0.05) is 148 Å². The van der Waals surface area contributed by atoms with Crippen molar-refractivity contribution in [2.24, 2.45) is 0 Å². The lowest BCUT2D eigenvalue weighted by Gasteiger charge is -2.34. The molecule has 0 amide bonds. The second-order valence-electron chi connectivity index (χ2n) is 14.3. The van der Waals surface area contributed by atoms with Crippen LogP contribution in [0.3, 0.4) is 0 Å². The summed E-state index contributed by atoms with van der Waals surface area (Å²) >= 11 is 0. The normalized spacial score (nSPS) is 13.5. The first-order chi connectivity index (χ1) is 17.4. The van der Waals surface area contributed by atoms with Crippen LogP contribution in [0.15, 0.2) is 12.1 Å². The van der Waals surface area contributed by atoms with E-state index in [-0.39, 0.29) is 16.2 Å². The van der Waals surface area contributed by atoms with Crippen molar-refractivity contribution in [2.45, 2.75) is 156 Å². The molecular weight excluding hydrogens is 508 g/mol. The molecule has 212 valence electrons. The molecule has 0 fully saturated rings. The Bertz CT molecular complexity index is 1040. The van der Waals surface area contributed by atoms with Crippen molar-refractivity contribution in [1.29, 1.82) is 0 Å². The van der Waals surface area contributed by atoms with Crippen LogP contribution in [0.4, 0.5) is 0 Å². The maximum Gasteiger partial charge on any atom is 0.139 e. The van der Waals surface area contributed by atoms with Crippen molar-refractivity contribution in [1.82, 2.24) is 0 Å². The van der Waals surface area contributed by atoms with Crippen LogP contribution in [-0.2, 0) is 16.2 Å². The molecule has 1 aromatic rings. The van der Waals surface area contributed by atoms with E-state index in [1.165, 1.54) is 71.4 Å². The predicted molar refractivity (Wildman–Crippen MR) is 184 cm³/mol. The average Bonchev–Trinajstić information content (AvgIpc) is 2.83. The Balaban J connectivity index is 4.19. The Hall–Kier alpha value is -1.06. The molecule has 0 saturated heterocycles. The summed E-state index contributed by atoms with van der Waals surface area (Å²) < 4.78 is 0. The molecule has 0 N–H and O–H groups in total. The topological polar surface area (TPSA) is 0 Å². The van der Waals surface area contributed by atoms with Crippen molar-refractivity contribution < 1.29 is 0 Å². The van der Waals surface area contributed by atoms with Gasteiger partial charge in [0.15, 0.2) is 0 Å². The van der Waals surface area contributed by atoms with Gasteiger partial charge in [0.2, 0.25) is 0 Å². The summed E-state index contributed by atoms with van der Waals surface area (Å²) in [4.78, 5) is 1.50. The summed E-state index contributed by atoms with van der Waals surface area (Å²) in [6.45, 7) is 35.5. The molecule has 0 nitrogen and oxygen atoms in total. The third kappa shape index (κ3) is 8.47. The molecule has 0 heterocycles. The van der Waals surface area contributed by atoms with Crippen LogP contribution in [0.1, 0.15) is 121 Å². The monoisotopic (exact) mass is 566 g/mol. The summed E-state index contributed by atoms with van der Waals surface area (Å²) in [6, 6.07) is 12.5. The SMILES string of the molecule is CC[Si](C#CC#CC(=Pc1c(C(C)(C)C)cc(C(C)(C)C)cc1C(C)(C)C)[Si](CC)(CC)CC)(CC)CC. The van der Waals surface area contributed by atoms with E-state index in [4.69, 9.17) is 0 Å². The Kier molecular flexibility index (Phi) is 12.5. The molecule has 1 rings (SSSR count). The molecule has 38 heavy (non-hydrogen) atoms. The third-order valence-corrected chi connectivity index (χ3v) is 21.7. The van der Waals surface area contributed by atoms with Crippen LogP contribution in [-0.4, -0.2) is 21.1 Å². The van der Waals surface area contributed by atoms with Gasteiger partial charge in [0.25, 0.3) is 0 Å². The molecule has 0 unspecified atom stereocenters. The van der Waals surface area contributed by atoms with E-state index in [2.05, 4.69) is 139 Å². The number of rotatable bonds is 8. The van der Waals surface area contributed by atoms with Gasteiger partial charge in [0.1, 0.15) is 16.1 Å². The van der Waals surface area contributed by atoms with Gasteiger partial charge in [0, 0.05) is 10.2 Å². The summed E-state index contributed by atoms with van der Waals surface area (Å²) in [5, 5.41) is 1.50. The van der Waals surface area contributed by atoms with Crippen molar-refractivity contribution >= 4 is 34.6 Å². The predicted octanol–water partition coefficient (Wildman–Crippen LogP) is 10.4. The van der Waals surface area contributed by atoms with Crippen molar-refractivity contribution in [3.05, 3.63) is 28.8 Å². The van der Waals surface area contributed by atoms with E-state index in [1.807, 2.05) is 0 Å². The molecule has 0 aliphatic heterocycles. The van der Waals surface area contributed by atoms with Crippen LogP contribution in [0, 0.1) is 23.3 Å². The third-order valence-electron chi connectivity index (χ3n) is 8.95. The molecule has 0 aliphatic carbocycles. The smallest absolute Gasteiger partial charge is 0.117 e. The van der Waals surface area contributed by atoms with Crippen LogP contribution in [0.25, 0.3) is 0 Å². The zero-order valence-electron chi connectivity index (χ0n) is 27.8. The van der Waals surface area contributed by atoms with Gasteiger partial charge in [-0.15, -0.1) is 5.54 Å². The van der Waals surface area contributed by atoms with E-state index in [0.29, 0.717) is 0 Å². The van der Waals surface area contributed by atoms with E-state index < -0.39 is 16.1 Å². The van der Waals surface area contributed by atoms with Gasteiger partial charge in [-0.05, 0) is 62.9 Å². The minimum atomic E-state index is -1.69. The maximum atomic E-state index is 3.77. The number of benzene rings is 1. The molecular formula is C35H59PSi2. The fraction of sp³-hybridized carbons (Fsp3) is 0.686. The number of hydrogen-bond acceptors (Lipinski definition) is 0. The first-order valence-electron chi connectivity index (χ1n) is 15.2. The quantitative estimate of drug-likeness (QED) is 0.167. The van der Waals surface area contributed by atoms with Crippen LogP contribution in [0.5, 0.6) is 0 Å². The Morgan fingerprint density at radius 3 is 1.37 bits per heavy atom. The van der Waals surface area contributed by atoms with E-state index in [9.17, 15) is 0 Å². The summed E-state index contributed by atoms with van der Waals surface area (Å²) in [6.07, 6.45) is 0. The van der Waals surface area contributed by atoms with E-state index in [0.717, 1.165) is 0 Å². The van der Waals surface area contributed by atoms with Crippen molar-refractivity contribution in [2.75, 3.05) is 0 Å². The van der Waals surface area contributed by atoms with Crippen LogP contribution >= 0.6 is 8.20 Å². The largest absolute Gasteiger partial charge is 0.139 e. The van der Waals surface area contributed by atoms with Gasteiger partial charge in [-0.25, -0.2) is 0 Å². The van der Waals surface area contributed by atoms with Crippen LogP contribution in [0.2, 0.25) is 36.3 Å². The van der Waals surface area contributed by atoms with Gasteiger partial charge in [-0.3, -0.25) is 0 Å². The van der Waals surface area contributed by atoms with Crippen LogP contribution < -0.4 is 5.30 Å². The molecule has 0 bridgehead atoms. The fourth-order valence-corrected chi connectivity index (χ4v) is 14.5. The lowest BCUT2D eigenvalue weighted by molar-refractivity contribution is 0.554. The van der Waals surface area contributed by atoms with E-state index in [1.54, 1.807) is 0 Å². The Labute approximate surface area is 242 Å². The van der Waals surface area contributed by atoms with E-state index >= 15 is 0 Å². The average molecular weight is 567 g/mol. The lowest BCUT2D eigenvalue weighted by Crippen LogP contribution is -2.41. The molecule has 1 aromatic carbocycles. The highest BCUT2D eigenvalue weighted by Crippen LogP contribution is 2.37. The summed E-state index contributed by atoms with van der Waals surface area (Å²) in [5.74, 6) is 10.6. The maximum absolute atomic E-state index is 3.77. The molecule has 0 spiro atoms.